The molecule has 4 rings (SSSR count). The van der Waals surface area contributed by atoms with E-state index in [2.05, 4.69) is 57.6 Å². The summed E-state index contributed by atoms with van der Waals surface area (Å²) in [4.78, 5) is 5.80. The molecule has 0 spiro atoms. The average molecular weight is 395 g/mol. The van der Waals surface area contributed by atoms with Gasteiger partial charge < -0.3 is 10.1 Å². The van der Waals surface area contributed by atoms with Crippen molar-refractivity contribution in [3.05, 3.63) is 66.7 Å². The lowest BCUT2D eigenvalue weighted by atomic mass is 10.1. The van der Waals surface area contributed by atoms with E-state index in [0.717, 1.165) is 22.6 Å². The van der Waals surface area contributed by atoms with Gasteiger partial charge in [-0.1, -0.05) is 48.2 Å². The first-order chi connectivity index (χ1) is 13.3. The molecule has 5 nitrogen and oxygen atoms in total. The number of hydrogen-bond donors (Lipinski definition) is 1. The molecule has 27 heavy (non-hydrogen) atoms. The summed E-state index contributed by atoms with van der Waals surface area (Å²) in [5, 5.41) is 12.7. The van der Waals surface area contributed by atoms with E-state index in [4.69, 9.17) is 4.74 Å². The first-order valence-electron chi connectivity index (χ1n) is 8.43. The highest BCUT2D eigenvalue weighted by Crippen LogP contribution is 2.39. The number of benzene rings is 2. The third kappa shape index (κ3) is 3.79. The molecule has 7 heteroatoms. The molecule has 2 aromatic carbocycles. The fourth-order valence-electron chi connectivity index (χ4n) is 2.77. The number of hydrogen-bond acceptors (Lipinski definition) is 7. The van der Waals surface area contributed by atoms with Crippen LogP contribution in [0.3, 0.4) is 0 Å². The van der Waals surface area contributed by atoms with Crippen molar-refractivity contribution in [1.29, 1.82) is 0 Å². The summed E-state index contributed by atoms with van der Waals surface area (Å²) < 4.78 is 6.25. The number of rotatable bonds is 5. The summed E-state index contributed by atoms with van der Waals surface area (Å²) in [6, 6.07) is 16.3. The summed E-state index contributed by atoms with van der Waals surface area (Å²) in [5.41, 5.74) is 3.53. The second kappa shape index (κ2) is 8.02. The van der Waals surface area contributed by atoms with Crippen molar-refractivity contribution >= 4 is 29.2 Å². The Kier molecular flexibility index (Phi) is 5.31. The molecule has 0 saturated carbocycles. The minimum absolute atomic E-state index is 0.364. The maximum absolute atomic E-state index is 6.25. The lowest BCUT2D eigenvalue weighted by Crippen LogP contribution is -2.17. The Morgan fingerprint density at radius 3 is 2.74 bits per heavy atom. The summed E-state index contributed by atoms with van der Waals surface area (Å²) in [7, 11) is 0. The van der Waals surface area contributed by atoms with Gasteiger partial charge in [-0.25, -0.2) is 0 Å². The number of para-hydroxylation sites is 1. The number of thioether (sulfide) groups is 2. The lowest BCUT2D eigenvalue weighted by Gasteiger charge is -2.19. The van der Waals surface area contributed by atoms with E-state index in [1.807, 2.05) is 30.3 Å². The fraction of sp³-hybridized carbons (Fsp3) is 0.150. The maximum Gasteiger partial charge on any atom is 0.247 e. The Morgan fingerprint density at radius 1 is 1.15 bits per heavy atom. The van der Waals surface area contributed by atoms with Crippen molar-refractivity contribution in [2.45, 2.75) is 16.3 Å². The van der Waals surface area contributed by atoms with Gasteiger partial charge in [0.25, 0.3) is 0 Å². The molecule has 0 radical (unpaired) electrons. The zero-order chi connectivity index (χ0) is 18.6. The first-order valence-corrected chi connectivity index (χ1v) is 10.6. The second-order valence-electron chi connectivity index (χ2n) is 5.81. The van der Waals surface area contributed by atoms with Gasteiger partial charge in [-0.15, -0.1) is 28.5 Å². The van der Waals surface area contributed by atoms with Crippen LogP contribution in [0.1, 0.15) is 11.8 Å². The number of fused-ring (bicyclic) bond motifs is 3. The average Bonchev–Trinajstić information content (AvgIpc) is 2.88. The molecule has 0 unspecified atom stereocenters. The molecule has 0 amide bonds. The predicted molar refractivity (Wildman–Crippen MR) is 111 cm³/mol. The SMILES string of the molecule is C=CCSc1nnc2c(n1)O[C@@H](c1ccc(SC)cc1)Nc1ccccc1-2. The zero-order valence-electron chi connectivity index (χ0n) is 14.8. The number of ether oxygens (including phenoxy) is 1. The molecule has 1 N–H and O–H groups in total. The molecule has 1 aliphatic heterocycles. The fourth-order valence-corrected chi connectivity index (χ4v) is 3.69. The highest BCUT2D eigenvalue weighted by Gasteiger charge is 2.25. The molecule has 1 aliphatic rings. The monoisotopic (exact) mass is 394 g/mol. The van der Waals surface area contributed by atoms with Crippen molar-refractivity contribution in [1.82, 2.24) is 15.2 Å². The van der Waals surface area contributed by atoms with Gasteiger partial charge in [0.05, 0.1) is 0 Å². The van der Waals surface area contributed by atoms with Crippen LogP contribution < -0.4 is 10.1 Å². The van der Waals surface area contributed by atoms with E-state index >= 15 is 0 Å². The van der Waals surface area contributed by atoms with E-state index in [9.17, 15) is 0 Å². The van der Waals surface area contributed by atoms with E-state index in [-0.39, 0.29) is 6.23 Å². The van der Waals surface area contributed by atoms with Crippen LogP contribution in [0, 0.1) is 0 Å². The van der Waals surface area contributed by atoms with Crippen LogP contribution in [-0.2, 0) is 0 Å². The Balaban J connectivity index is 1.76. The van der Waals surface area contributed by atoms with Gasteiger partial charge in [0.2, 0.25) is 11.0 Å². The molecule has 0 bridgehead atoms. The minimum Gasteiger partial charge on any atom is -0.448 e. The predicted octanol–water partition coefficient (Wildman–Crippen LogP) is 5.04. The van der Waals surface area contributed by atoms with Crippen LogP contribution >= 0.6 is 23.5 Å². The number of aromatic nitrogens is 3. The van der Waals surface area contributed by atoms with Gasteiger partial charge in [-0.05, 0) is 24.5 Å². The van der Waals surface area contributed by atoms with Crippen LogP contribution in [0.4, 0.5) is 5.69 Å². The van der Waals surface area contributed by atoms with E-state index in [1.54, 1.807) is 11.8 Å². The molecular weight excluding hydrogens is 376 g/mol. The van der Waals surface area contributed by atoms with Crippen molar-refractivity contribution in [2.24, 2.45) is 0 Å². The van der Waals surface area contributed by atoms with E-state index < -0.39 is 0 Å². The largest absolute Gasteiger partial charge is 0.448 e. The van der Waals surface area contributed by atoms with Crippen LogP contribution in [0.2, 0.25) is 0 Å². The summed E-state index contributed by atoms with van der Waals surface area (Å²) >= 11 is 3.19. The van der Waals surface area contributed by atoms with Crippen LogP contribution in [-0.4, -0.2) is 27.2 Å². The highest BCUT2D eigenvalue weighted by atomic mass is 32.2. The quantitative estimate of drug-likeness (QED) is 0.480. The number of nitrogens with zero attached hydrogens (tertiary/aromatic N) is 3. The van der Waals surface area contributed by atoms with Crippen molar-refractivity contribution in [3.8, 4) is 17.1 Å². The first kappa shape index (κ1) is 17.9. The molecule has 0 aliphatic carbocycles. The Bertz CT molecular complexity index is 962. The minimum atomic E-state index is -0.364. The molecule has 0 fully saturated rings. The molecule has 0 saturated heterocycles. The maximum atomic E-state index is 6.25. The normalized spacial score (nSPS) is 14.9. The zero-order valence-corrected chi connectivity index (χ0v) is 16.4. The van der Waals surface area contributed by atoms with Gasteiger partial charge in [0.15, 0.2) is 11.9 Å². The molecule has 2 heterocycles. The van der Waals surface area contributed by atoms with Gasteiger partial charge in [-0.2, -0.15) is 4.98 Å². The Morgan fingerprint density at radius 2 is 1.96 bits per heavy atom. The van der Waals surface area contributed by atoms with E-state index in [1.165, 1.54) is 16.7 Å². The van der Waals surface area contributed by atoms with Crippen LogP contribution in [0.5, 0.6) is 5.88 Å². The van der Waals surface area contributed by atoms with Crippen molar-refractivity contribution in [3.63, 3.8) is 0 Å². The van der Waals surface area contributed by atoms with Crippen molar-refractivity contribution < 1.29 is 4.74 Å². The molecule has 3 aromatic rings. The van der Waals surface area contributed by atoms with Crippen LogP contribution in [0.25, 0.3) is 11.3 Å². The number of anilines is 1. The van der Waals surface area contributed by atoms with Crippen LogP contribution in [0.15, 0.2) is 71.2 Å². The topological polar surface area (TPSA) is 59.9 Å². The lowest BCUT2D eigenvalue weighted by molar-refractivity contribution is 0.225. The Labute approximate surface area is 166 Å². The van der Waals surface area contributed by atoms with E-state index in [0.29, 0.717) is 16.7 Å². The second-order valence-corrected chi connectivity index (χ2v) is 7.68. The standard InChI is InChI=1S/C20H18N4OS2/c1-3-12-27-20-22-19-17(23-24-20)15-6-4-5-7-16(15)21-18(25-19)13-8-10-14(26-2)11-9-13/h3-11,18,21H,1,12H2,2H3/t18-/m0/s1. The third-order valence-electron chi connectivity index (χ3n) is 4.08. The number of nitrogens with one attached hydrogen (secondary N) is 1. The van der Waals surface area contributed by atoms with Gasteiger partial charge >= 0.3 is 0 Å². The molecule has 1 atom stereocenters. The summed E-state index contributed by atoms with van der Waals surface area (Å²) in [6.07, 6.45) is 3.51. The smallest absolute Gasteiger partial charge is 0.247 e. The van der Waals surface area contributed by atoms with Gasteiger partial charge in [0.1, 0.15) is 0 Å². The van der Waals surface area contributed by atoms with Crippen molar-refractivity contribution in [2.75, 3.05) is 17.3 Å². The third-order valence-corrected chi connectivity index (χ3v) is 5.66. The molecular formula is C20H18N4OS2. The molecule has 136 valence electrons. The molecule has 1 aromatic heterocycles. The highest BCUT2D eigenvalue weighted by molar-refractivity contribution is 7.99. The van der Waals surface area contributed by atoms with Gasteiger partial charge in [0, 0.05) is 27.5 Å². The van der Waals surface area contributed by atoms with Gasteiger partial charge in [-0.3, -0.25) is 0 Å². The summed E-state index contributed by atoms with van der Waals surface area (Å²) in [6.45, 7) is 3.73. The Hall–Kier alpha value is -2.51. The summed E-state index contributed by atoms with van der Waals surface area (Å²) in [5.74, 6) is 1.20.